The van der Waals surface area contributed by atoms with Crippen LogP contribution in [-0.4, -0.2) is 33.2 Å². The third-order valence-electron chi connectivity index (χ3n) is 3.99. The summed E-state index contributed by atoms with van der Waals surface area (Å²) in [6, 6.07) is 0. The Morgan fingerprint density at radius 2 is 1.89 bits per heavy atom. The highest BCUT2D eigenvalue weighted by Crippen LogP contribution is 2.48. The Hall–Kier alpha value is -1.59. The maximum atomic E-state index is 11.3. The zero-order valence-electron chi connectivity index (χ0n) is 10.3. The van der Waals surface area contributed by atoms with Crippen molar-refractivity contribution in [3.8, 4) is 0 Å². The number of hydrogen-bond donors (Lipinski definition) is 3. The Morgan fingerprint density at radius 1 is 1.28 bits per heavy atom. The monoisotopic (exact) mass is 258 g/mol. The van der Waals surface area contributed by atoms with Gasteiger partial charge in [-0.25, -0.2) is 0 Å². The Bertz CT molecular complexity index is 364. The molecule has 0 aromatic carbocycles. The number of carbonyl (C=O) groups is 3. The van der Waals surface area contributed by atoms with Crippen molar-refractivity contribution in [2.45, 2.75) is 39.0 Å². The Labute approximate surface area is 105 Å². The number of carboxylic acids is 3. The first kappa shape index (κ1) is 14.5. The van der Waals surface area contributed by atoms with Crippen LogP contribution in [0.5, 0.6) is 0 Å². The van der Waals surface area contributed by atoms with Crippen LogP contribution in [0.25, 0.3) is 0 Å². The second-order valence-corrected chi connectivity index (χ2v) is 5.10. The molecule has 1 fully saturated rings. The lowest BCUT2D eigenvalue weighted by Crippen LogP contribution is -2.38. The lowest BCUT2D eigenvalue weighted by Gasteiger charge is -2.31. The van der Waals surface area contributed by atoms with Crippen LogP contribution in [0.15, 0.2) is 0 Å². The van der Waals surface area contributed by atoms with Gasteiger partial charge in [0.25, 0.3) is 0 Å². The van der Waals surface area contributed by atoms with Gasteiger partial charge >= 0.3 is 17.9 Å². The molecule has 6 heteroatoms. The van der Waals surface area contributed by atoms with Crippen molar-refractivity contribution in [1.82, 2.24) is 0 Å². The molecule has 0 aromatic rings. The van der Waals surface area contributed by atoms with Crippen molar-refractivity contribution in [3.05, 3.63) is 0 Å². The van der Waals surface area contributed by atoms with Gasteiger partial charge in [0, 0.05) is 6.42 Å². The molecule has 1 rings (SSSR count). The van der Waals surface area contributed by atoms with E-state index in [9.17, 15) is 24.6 Å². The van der Waals surface area contributed by atoms with Crippen LogP contribution in [0, 0.1) is 17.3 Å². The van der Waals surface area contributed by atoms with E-state index >= 15 is 0 Å². The molecule has 18 heavy (non-hydrogen) atoms. The molecule has 6 nitrogen and oxygen atoms in total. The summed E-state index contributed by atoms with van der Waals surface area (Å²) in [6.45, 7) is 1.56. The van der Waals surface area contributed by atoms with Gasteiger partial charge < -0.3 is 15.3 Å². The predicted octanol–water partition coefficient (Wildman–Crippen LogP) is 1.44. The number of rotatable bonds is 6. The third kappa shape index (κ3) is 2.80. The molecule has 0 amide bonds. The normalized spacial score (nSPS) is 28.8. The van der Waals surface area contributed by atoms with Gasteiger partial charge in [-0.15, -0.1) is 0 Å². The van der Waals surface area contributed by atoms with E-state index in [0.29, 0.717) is 19.3 Å². The molecule has 0 radical (unpaired) electrons. The molecule has 0 aliphatic heterocycles. The maximum absolute atomic E-state index is 11.3. The number of carboxylic acid groups (broad SMARTS) is 3. The fraction of sp³-hybridized carbons (Fsp3) is 0.750. The summed E-state index contributed by atoms with van der Waals surface area (Å²) < 4.78 is 0. The van der Waals surface area contributed by atoms with Crippen molar-refractivity contribution in [3.63, 3.8) is 0 Å². The molecule has 1 aliphatic rings. The fourth-order valence-electron chi connectivity index (χ4n) is 2.88. The number of aliphatic carboxylic acids is 3. The predicted molar refractivity (Wildman–Crippen MR) is 61.1 cm³/mol. The van der Waals surface area contributed by atoms with Gasteiger partial charge in [0.1, 0.15) is 0 Å². The van der Waals surface area contributed by atoms with Gasteiger partial charge in [-0.2, -0.15) is 0 Å². The first-order valence-electron chi connectivity index (χ1n) is 5.97. The lowest BCUT2D eigenvalue weighted by molar-refractivity contribution is -0.155. The quantitative estimate of drug-likeness (QED) is 0.664. The molecule has 0 saturated heterocycles. The van der Waals surface area contributed by atoms with Crippen LogP contribution < -0.4 is 0 Å². The molecule has 102 valence electrons. The fourth-order valence-corrected chi connectivity index (χ4v) is 2.88. The van der Waals surface area contributed by atoms with Crippen LogP contribution in [0.4, 0.5) is 0 Å². The van der Waals surface area contributed by atoms with Gasteiger partial charge in [-0.1, -0.05) is 6.42 Å². The molecule has 0 bridgehead atoms. The molecule has 1 saturated carbocycles. The van der Waals surface area contributed by atoms with Gasteiger partial charge in [-0.3, -0.25) is 14.4 Å². The van der Waals surface area contributed by atoms with Crippen molar-refractivity contribution in [1.29, 1.82) is 0 Å². The Kier molecular flexibility index (Phi) is 4.32. The lowest BCUT2D eigenvalue weighted by atomic mass is 9.71. The molecule has 3 N–H and O–H groups in total. The molecule has 0 heterocycles. The summed E-state index contributed by atoms with van der Waals surface area (Å²) in [6.07, 6.45) is 1.38. The zero-order chi connectivity index (χ0) is 13.9. The standard InChI is InChI=1S/C12H18O6/c1-12(11(17)18)6-2-3-8(12)7(10(15)16)4-5-9(13)14/h7-8H,2-6H2,1H3,(H,13,14)(H,15,16)(H,17,18). The van der Waals surface area contributed by atoms with E-state index in [0.717, 1.165) is 0 Å². The van der Waals surface area contributed by atoms with E-state index in [1.165, 1.54) is 0 Å². The second kappa shape index (κ2) is 5.37. The summed E-state index contributed by atoms with van der Waals surface area (Å²) in [5.74, 6) is -4.55. The second-order valence-electron chi connectivity index (χ2n) is 5.10. The molecular weight excluding hydrogens is 240 g/mol. The Balaban J connectivity index is 2.88. The minimum Gasteiger partial charge on any atom is -0.481 e. The highest BCUT2D eigenvalue weighted by Gasteiger charge is 2.50. The van der Waals surface area contributed by atoms with Crippen LogP contribution >= 0.6 is 0 Å². The third-order valence-corrected chi connectivity index (χ3v) is 3.99. The Morgan fingerprint density at radius 3 is 2.33 bits per heavy atom. The van der Waals surface area contributed by atoms with Crippen molar-refractivity contribution < 1.29 is 29.7 Å². The van der Waals surface area contributed by atoms with E-state index in [2.05, 4.69) is 0 Å². The largest absolute Gasteiger partial charge is 0.481 e. The van der Waals surface area contributed by atoms with E-state index in [1.807, 2.05) is 0 Å². The minimum absolute atomic E-state index is 0.0157. The van der Waals surface area contributed by atoms with Crippen LogP contribution in [-0.2, 0) is 14.4 Å². The first-order valence-corrected chi connectivity index (χ1v) is 5.97. The molecule has 3 atom stereocenters. The molecular formula is C12H18O6. The average Bonchev–Trinajstić information content (AvgIpc) is 2.62. The van der Waals surface area contributed by atoms with Crippen LogP contribution in [0.2, 0.25) is 0 Å². The summed E-state index contributed by atoms with van der Waals surface area (Å²) in [5.41, 5.74) is -1.05. The molecule has 1 aliphatic carbocycles. The van der Waals surface area contributed by atoms with Crippen molar-refractivity contribution >= 4 is 17.9 Å². The SMILES string of the molecule is CC1(C(=O)O)CCCC1C(CCC(=O)O)C(=O)O. The average molecular weight is 258 g/mol. The van der Waals surface area contributed by atoms with Gasteiger partial charge in [0.2, 0.25) is 0 Å². The zero-order valence-corrected chi connectivity index (χ0v) is 10.3. The summed E-state index contributed by atoms with van der Waals surface area (Å²) in [7, 11) is 0. The molecule has 0 aromatic heterocycles. The van der Waals surface area contributed by atoms with Crippen molar-refractivity contribution in [2.24, 2.45) is 17.3 Å². The summed E-state index contributed by atoms with van der Waals surface area (Å²) in [4.78, 5) is 33.0. The van der Waals surface area contributed by atoms with E-state index < -0.39 is 35.2 Å². The highest BCUT2D eigenvalue weighted by atomic mass is 16.4. The van der Waals surface area contributed by atoms with Crippen LogP contribution in [0.3, 0.4) is 0 Å². The highest BCUT2D eigenvalue weighted by molar-refractivity contribution is 5.78. The number of hydrogen-bond acceptors (Lipinski definition) is 3. The molecule has 3 unspecified atom stereocenters. The van der Waals surface area contributed by atoms with E-state index in [4.69, 9.17) is 5.11 Å². The van der Waals surface area contributed by atoms with Gasteiger partial charge in [0.05, 0.1) is 11.3 Å². The minimum atomic E-state index is -1.10. The topological polar surface area (TPSA) is 112 Å². The maximum Gasteiger partial charge on any atom is 0.309 e. The van der Waals surface area contributed by atoms with Crippen molar-refractivity contribution in [2.75, 3.05) is 0 Å². The first-order chi connectivity index (χ1) is 8.29. The van der Waals surface area contributed by atoms with Gasteiger partial charge in [-0.05, 0) is 32.1 Å². The summed E-state index contributed by atoms with van der Waals surface area (Å²) in [5, 5.41) is 27.0. The molecule has 0 spiro atoms. The smallest absolute Gasteiger partial charge is 0.309 e. The van der Waals surface area contributed by atoms with E-state index in [1.54, 1.807) is 6.92 Å². The van der Waals surface area contributed by atoms with Gasteiger partial charge in [0.15, 0.2) is 0 Å². The van der Waals surface area contributed by atoms with E-state index in [-0.39, 0.29) is 12.8 Å². The summed E-state index contributed by atoms with van der Waals surface area (Å²) >= 11 is 0. The van der Waals surface area contributed by atoms with Crippen LogP contribution in [0.1, 0.15) is 39.0 Å².